The lowest BCUT2D eigenvalue weighted by Gasteiger charge is -2.30. The van der Waals surface area contributed by atoms with Crippen LogP contribution in [0.1, 0.15) is 78.1 Å². The Labute approximate surface area is 366 Å². The van der Waals surface area contributed by atoms with Gasteiger partial charge in [-0.15, -0.1) is 34.0 Å². The van der Waals surface area contributed by atoms with Gasteiger partial charge >= 0.3 is 12.2 Å². The maximum atomic E-state index is 13.7. The quantitative estimate of drug-likeness (QED) is 0.0997. The van der Waals surface area contributed by atoms with Gasteiger partial charge in [-0.1, -0.05) is 65.8 Å². The van der Waals surface area contributed by atoms with Crippen LogP contribution in [-0.2, 0) is 19.1 Å². The number of methoxy groups -OCH3 is 2. The number of nitrogens with one attached hydrogen (secondary N) is 4. The van der Waals surface area contributed by atoms with Crippen LogP contribution in [0.4, 0.5) is 9.59 Å². The highest BCUT2D eigenvalue weighted by Crippen LogP contribution is 2.44. The molecule has 0 radical (unpaired) electrons. The van der Waals surface area contributed by atoms with Crippen molar-refractivity contribution in [2.45, 2.75) is 78.6 Å². The summed E-state index contributed by atoms with van der Waals surface area (Å²) in [6.45, 7) is 13.1. The van der Waals surface area contributed by atoms with Crippen LogP contribution >= 0.6 is 34.0 Å². The molecule has 17 heteroatoms. The van der Waals surface area contributed by atoms with Crippen LogP contribution < -0.4 is 10.6 Å². The molecule has 2 aliphatic rings. The van der Waals surface area contributed by atoms with E-state index in [0.717, 1.165) is 61.4 Å². The minimum atomic E-state index is -0.691. The Bertz CT molecular complexity index is 2510. The van der Waals surface area contributed by atoms with Gasteiger partial charge in [0.25, 0.3) is 0 Å². The molecule has 0 unspecified atom stereocenters. The van der Waals surface area contributed by atoms with Crippen LogP contribution in [0.3, 0.4) is 0 Å². The molecule has 0 bridgehead atoms. The third-order valence-corrected chi connectivity index (χ3v) is 15.2. The molecule has 2 aliphatic heterocycles. The highest BCUT2D eigenvalue weighted by Gasteiger charge is 2.42. The molecule has 5 aromatic heterocycles. The van der Waals surface area contributed by atoms with E-state index in [1.54, 1.807) is 34.0 Å². The molecule has 0 spiro atoms. The summed E-state index contributed by atoms with van der Waals surface area (Å²) in [5.74, 6) is 1.63. The Morgan fingerprint density at radius 2 is 1.20 bits per heavy atom. The first-order valence-corrected chi connectivity index (χ1v) is 23.1. The molecule has 6 atom stereocenters. The number of aromatic nitrogens is 4. The molecule has 2 fully saturated rings. The van der Waals surface area contributed by atoms with Crippen LogP contribution in [0.25, 0.3) is 51.2 Å². The maximum Gasteiger partial charge on any atom is 0.407 e. The van der Waals surface area contributed by atoms with Crippen molar-refractivity contribution >= 4 is 77.8 Å². The van der Waals surface area contributed by atoms with Crippen molar-refractivity contribution in [1.82, 2.24) is 40.4 Å². The number of fused-ring (bicyclic) bond motifs is 2. The van der Waals surface area contributed by atoms with Gasteiger partial charge in [0.1, 0.15) is 28.6 Å². The number of nitrogens with zero attached hydrogens (tertiary/aromatic N) is 4. The molecule has 0 aliphatic carbocycles. The lowest BCUT2D eigenvalue weighted by atomic mass is 10.0. The number of amides is 4. The third kappa shape index (κ3) is 8.51. The number of carbonyl (C=O) groups is 4. The number of aromatic amines is 2. The summed E-state index contributed by atoms with van der Waals surface area (Å²) >= 11 is 5.09. The normalized spacial score (nSPS) is 20.2. The second-order valence-electron chi connectivity index (χ2n) is 17.1. The maximum absolute atomic E-state index is 13.7. The molecule has 322 valence electrons. The number of alkyl carbamates (subject to hydrolysis) is 2. The van der Waals surface area contributed by atoms with E-state index in [1.807, 2.05) is 43.7 Å². The molecule has 2 saturated heterocycles. The minimum Gasteiger partial charge on any atom is -0.453 e. The molecular formula is C44H52N8O6S3. The van der Waals surface area contributed by atoms with E-state index in [9.17, 15) is 19.2 Å². The standard InChI is InChI=1S/C44H52N8O6S3/c1-21(2)36(48-43(55)57-7)41(53)51-19-23(5)13-29(51)38-45-18-28(47-38)33-17-35-34(60-33)16-32(59-35)26-11-9-25(10-12-26)31-15-27-40(61-31)50-39(46-27)30-14-24(6)20-52(30)42(54)37(22(3)4)49-44(56)58-8/h9-12,15-18,21-24,29-30,36-37H,13-14,19-20H2,1-8H3,(H,45,47)(H,46,50)(H,48,55)(H,49,56)/t23-,24-,29-,30-,36-,37-/m0/s1. The first-order chi connectivity index (χ1) is 29.2. The summed E-state index contributed by atoms with van der Waals surface area (Å²) in [5, 5.41) is 5.45. The smallest absolute Gasteiger partial charge is 0.407 e. The molecular weight excluding hydrogens is 833 g/mol. The predicted molar refractivity (Wildman–Crippen MR) is 240 cm³/mol. The van der Waals surface area contributed by atoms with Crippen molar-refractivity contribution in [3.05, 3.63) is 60.3 Å². The summed E-state index contributed by atoms with van der Waals surface area (Å²) in [4.78, 5) is 76.3. The SMILES string of the molecule is COC(=O)N[C@H](C(=O)N1C[C@@H](C)C[C@H]1c1ncc(-c2cc3sc(-c4ccc(-c5cc6[nH]c([C@@H]7C[C@H](C)CN7C(=O)[C@@H](NC(=O)OC)C(C)C)nc6s5)cc4)cc3s2)[nH]1)C(C)C. The van der Waals surface area contributed by atoms with Crippen molar-refractivity contribution in [3.8, 4) is 31.5 Å². The van der Waals surface area contributed by atoms with Crippen LogP contribution in [0.15, 0.2) is 48.7 Å². The molecule has 6 aromatic rings. The average Bonchev–Trinajstić information content (AvgIpc) is 4.09. The topological polar surface area (TPSA) is 175 Å². The third-order valence-electron chi connectivity index (χ3n) is 11.7. The zero-order valence-electron chi connectivity index (χ0n) is 35.5. The number of rotatable bonds is 11. The van der Waals surface area contributed by atoms with Crippen LogP contribution in [0.2, 0.25) is 0 Å². The van der Waals surface area contributed by atoms with E-state index in [0.29, 0.717) is 24.9 Å². The van der Waals surface area contributed by atoms with Gasteiger partial charge in [0, 0.05) is 32.2 Å². The van der Waals surface area contributed by atoms with E-state index in [-0.39, 0.29) is 35.7 Å². The van der Waals surface area contributed by atoms with Crippen molar-refractivity contribution in [3.63, 3.8) is 0 Å². The van der Waals surface area contributed by atoms with E-state index in [4.69, 9.17) is 19.4 Å². The fourth-order valence-electron chi connectivity index (χ4n) is 8.52. The predicted octanol–water partition coefficient (Wildman–Crippen LogP) is 9.20. The summed E-state index contributed by atoms with van der Waals surface area (Å²) in [7, 11) is 2.60. The second-order valence-corrected chi connectivity index (χ2v) is 20.3. The molecule has 4 amide bonds. The molecule has 4 N–H and O–H groups in total. The lowest BCUT2D eigenvalue weighted by molar-refractivity contribution is -0.136. The summed E-state index contributed by atoms with van der Waals surface area (Å²) in [5.41, 5.74) is 4.11. The first kappa shape index (κ1) is 42.4. The average molecular weight is 885 g/mol. The highest BCUT2D eigenvalue weighted by atomic mass is 32.1. The molecule has 8 rings (SSSR count). The van der Waals surface area contributed by atoms with Gasteiger partial charge in [-0.05, 0) is 65.8 Å². The summed E-state index contributed by atoms with van der Waals surface area (Å²) < 4.78 is 12.0. The van der Waals surface area contributed by atoms with Crippen LogP contribution in [-0.4, -0.2) is 93.1 Å². The fraction of sp³-hybridized carbons (Fsp3) is 0.455. The van der Waals surface area contributed by atoms with E-state index in [2.05, 4.69) is 76.9 Å². The fourth-order valence-corrected chi connectivity index (χ4v) is 11.9. The van der Waals surface area contributed by atoms with E-state index < -0.39 is 24.3 Å². The van der Waals surface area contributed by atoms with E-state index in [1.165, 1.54) is 28.5 Å². The number of likely N-dealkylation sites (tertiary alicyclic amines) is 2. The number of ether oxygens (including phenoxy) is 2. The number of hydrogen-bond donors (Lipinski definition) is 4. The van der Waals surface area contributed by atoms with Gasteiger partial charge in [0.2, 0.25) is 11.8 Å². The monoisotopic (exact) mass is 884 g/mol. The molecule has 14 nitrogen and oxygen atoms in total. The molecule has 61 heavy (non-hydrogen) atoms. The van der Waals surface area contributed by atoms with Gasteiger partial charge in [-0.25, -0.2) is 19.6 Å². The highest BCUT2D eigenvalue weighted by molar-refractivity contribution is 7.31. The van der Waals surface area contributed by atoms with Gasteiger partial charge in [0.15, 0.2) is 0 Å². The van der Waals surface area contributed by atoms with Crippen molar-refractivity contribution < 1.29 is 28.7 Å². The van der Waals surface area contributed by atoms with Gasteiger partial charge < -0.3 is 39.9 Å². The van der Waals surface area contributed by atoms with Crippen LogP contribution in [0.5, 0.6) is 0 Å². The molecule has 1 aromatic carbocycles. The zero-order valence-corrected chi connectivity index (χ0v) is 38.0. The Balaban J connectivity index is 0.943. The first-order valence-electron chi connectivity index (χ1n) is 20.7. The summed E-state index contributed by atoms with van der Waals surface area (Å²) in [6.07, 6.45) is 2.19. The zero-order chi connectivity index (χ0) is 43.3. The number of hydrogen-bond acceptors (Lipinski definition) is 11. The van der Waals surface area contributed by atoms with Crippen molar-refractivity contribution in [2.24, 2.45) is 23.7 Å². The van der Waals surface area contributed by atoms with Crippen molar-refractivity contribution in [1.29, 1.82) is 0 Å². The lowest BCUT2D eigenvalue weighted by Crippen LogP contribution is -2.51. The van der Waals surface area contributed by atoms with Gasteiger partial charge in [-0.2, -0.15) is 0 Å². The summed E-state index contributed by atoms with van der Waals surface area (Å²) in [6, 6.07) is 13.4. The van der Waals surface area contributed by atoms with Crippen LogP contribution in [0, 0.1) is 23.7 Å². The van der Waals surface area contributed by atoms with Gasteiger partial charge in [-0.3, -0.25) is 9.59 Å². The minimum absolute atomic E-state index is 0.104. The largest absolute Gasteiger partial charge is 0.453 e. The molecule has 7 heterocycles. The number of imidazole rings is 2. The molecule has 0 saturated carbocycles. The van der Waals surface area contributed by atoms with Gasteiger partial charge in [0.05, 0.1) is 48.6 Å². The van der Waals surface area contributed by atoms with E-state index >= 15 is 0 Å². The number of H-pyrrole nitrogens is 2. The Kier molecular flexibility index (Phi) is 12.0. The Hall–Kier alpha value is -5.26. The Morgan fingerprint density at radius 3 is 1.70 bits per heavy atom. The number of benzene rings is 1. The number of carbonyl (C=O) groups excluding carboxylic acids is 4. The van der Waals surface area contributed by atoms with Crippen molar-refractivity contribution in [2.75, 3.05) is 27.3 Å². The second kappa shape index (κ2) is 17.2. The Morgan fingerprint density at radius 1 is 0.705 bits per heavy atom. The number of thiophene rings is 3.